The van der Waals surface area contributed by atoms with E-state index in [-0.39, 0.29) is 24.3 Å². The first-order valence-electron chi connectivity index (χ1n) is 13.3. The summed E-state index contributed by atoms with van der Waals surface area (Å²) in [6.07, 6.45) is 1.71. The van der Waals surface area contributed by atoms with Crippen molar-refractivity contribution in [2.75, 3.05) is 27.4 Å². The SMILES string of the molecule is CCOC(=O)C1=C(c2ccccc2)N=c2s/c(=C\c3cc(Br)cc(I)c3OCC#N)c(=O)n2[C@@H]1c1ccc(OC)c(OC)c1. The van der Waals surface area contributed by atoms with E-state index >= 15 is 0 Å². The van der Waals surface area contributed by atoms with Crippen LogP contribution in [0.4, 0.5) is 0 Å². The number of fused-ring (bicyclic) bond motifs is 1. The molecule has 224 valence electrons. The number of rotatable bonds is 9. The number of hydrogen-bond donors (Lipinski definition) is 0. The van der Waals surface area contributed by atoms with Crippen molar-refractivity contribution in [1.29, 1.82) is 5.26 Å². The Labute approximate surface area is 278 Å². The number of benzene rings is 3. The van der Waals surface area contributed by atoms with Gasteiger partial charge in [-0.05, 0) is 65.4 Å². The Morgan fingerprint density at radius 2 is 1.89 bits per heavy atom. The molecule has 4 aromatic rings. The summed E-state index contributed by atoms with van der Waals surface area (Å²) in [6.45, 7) is 1.72. The van der Waals surface area contributed by atoms with E-state index in [2.05, 4.69) is 38.5 Å². The van der Waals surface area contributed by atoms with E-state index in [1.165, 1.54) is 30.1 Å². The van der Waals surface area contributed by atoms with Gasteiger partial charge in [0, 0.05) is 15.6 Å². The number of nitriles is 1. The van der Waals surface area contributed by atoms with Crippen LogP contribution in [0.25, 0.3) is 11.8 Å². The monoisotopic (exact) mass is 785 g/mol. The molecule has 0 fully saturated rings. The number of carbonyl (C=O) groups is 1. The molecule has 0 aliphatic carbocycles. The van der Waals surface area contributed by atoms with Crippen molar-refractivity contribution in [3.63, 3.8) is 0 Å². The normalized spacial score (nSPS) is 14.4. The summed E-state index contributed by atoms with van der Waals surface area (Å²) >= 11 is 6.83. The standard InChI is InChI=1S/C32H25BrIN3O6S/c1-4-42-31(39)26-27(18-8-6-5-7-9-18)36-32-37(28(26)19-10-11-23(40-2)24(15-19)41-3)30(38)25(44-32)16-20-14-21(33)17-22(34)29(20)43-13-12-35/h5-11,14-17,28H,4,13H2,1-3H3/b25-16-/t28-/m1/s1. The minimum Gasteiger partial charge on any atom is -0.493 e. The van der Waals surface area contributed by atoms with Crippen LogP contribution in [-0.4, -0.2) is 38.0 Å². The molecule has 12 heteroatoms. The predicted molar refractivity (Wildman–Crippen MR) is 179 cm³/mol. The van der Waals surface area contributed by atoms with Crippen LogP contribution in [0.5, 0.6) is 17.2 Å². The summed E-state index contributed by atoms with van der Waals surface area (Å²) in [5.41, 5.74) is 2.19. The molecule has 0 amide bonds. The van der Waals surface area contributed by atoms with E-state index in [9.17, 15) is 9.59 Å². The second kappa shape index (κ2) is 13.8. The van der Waals surface area contributed by atoms with Gasteiger partial charge in [0.1, 0.15) is 11.8 Å². The number of halogens is 2. The van der Waals surface area contributed by atoms with Crippen molar-refractivity contribution in [1.82, 2.24) is 4.57 Å². The second-order valence-electron chi connectivity index (χ2n) is 9.30. The Balaban J connectivity index is 1.85. The summed E-state index contributed by atoms with van der Waals surface area (Å²) in [5.74, 6) is 0.840. The largest absolute Gasteiger partial charge is 0.493 e. The topological polar surface area (TPSA) is 112 Å². The van der Waals surface area contributed by atoms with Gasteiger partial charge in [0.2, 0.25) is 0 Å². The van der Waals surface area contributed by atoms with Crippen molar-refractivity contribution in [3.05, 3.63) is 111 Å². The van der Waals surface area contributed by atoms with Crippen LogP contribution in [-0.2, 0) is 9.53 Å². The molecule has 0 spiro atoms. The third kappa shape index (κ3) is 6.17. The number of methoxy groups -OCH3 is 2. The van der Waals surface area contributed by atoms with Crippen molar-refractivity contribution >= 4 is 67.6 Å². The highest BCUT2D eigenvalue weighted by Gasteiger charge is 2.35. The lowest BCUT2D eigenvalue weighted by Crippen LogP contribution is -2.40. The van der Waals surface area contributed by atoms with Gasteiger partial charge in [0.25, 0.3) is 5.56 Å². The zero-order valence-electron chi connectivity index (χ0n) is 23.8. The van der Waals surface area contributed by atoms with Gasteiger partial charge >= 0.3 is 5.97 Å². The summed E-state index contributed by atoms with van der Waals surface area (Å²) in [4.78, 5) is 33.3. The molecular formula is C32H25BrIN3O6S. The number of nitrogens with zero attached hydrogens (tertiary/aromatic N) is 3. The molecule has 1 aliphatic rings. The van der Waals surface area contributed by atoms with Gasteiger partial charge < -0.3 is 18.9 Å². The van der Waals surface area contributed by atoms with E-state index < -0.39 is 12.0 Å². The third-order valence-corrected chi connectivity index (χ3v) is 8.94. The van der Waals surface area contributed by atoms with Crippen molar-refractivity contribution in [3.8, 4) is 23.3 Å². The van der Waals surface area contributed by atoms with E-state index in [0.29, 0.717) is 49.0 Å². The van der Waals surface area contributed by atoms with E-state index in [0.717, 1.165) is 8.04 Å². The summed E-state index contributed by atoms with van der Waals surface area (Å²) in [6, 6.07) is 19.4. The predicted octanol–water partition coefficient (Wildman–Crippen LogP) is 5.22. The van der Waals surface area contributed by atoms with Crippen LogP contribution >= 0.6 is 49.9 Å². The Morgan fingerprint density at radius 1 is 1.14 bits per heavy atom. The maximum absolute atomic E-state index is 14.3. The molecule has 1 aliphatic heterocycles. The number of thiazole rings is 1. The quantitative estimate of drug-likeness (QED) is 0.169. The number of esters is 1. The molecule has 0 unspecified atom stereocenters. The Bertz CT molecular complexity index is 2000. The Kier molecular flexibility index (Phi) is 9.87. The highest BCUT2D eigenvalue weighted by atomic mass is 127. The molecule has 5 rings (SSSR count). The average Bonchev–Trinajstić information content (AvgIpc) is 3.34. The second-order valence-corrected chi connectivity index (χ2v) is 12.4. The van der Waals surface area contributed by atoms with Crippen LogP contribution in [0.3, 0.4) is 0 Å². The number of hydrogen-bond acceptors (Lipinski definition) is 9. The van der Waals surface area contributed by atoms with Gasteiger partial charge in [-0.1, -0.05) is 63.7 Å². The molecule has 1 atom stereocenters. The minimum atomic E-state index is -0.889. The van der Waals surface area contributed by atoms with Crippen molar-refractivity contribution in [2.24, 2.45) is 4.99 Å². The van der Waals surface area contributed by atoms with Crippen LogP contribution in [0.15, 0.2) is 80.5 Å². The van der Waals surface area contributed by atoms with Gasteiger partial charge in [-0.3, -0.25) is 9.36 Å². The van der Waals surface area contributed by atoms with E-state index in [1.54, 1.807) is 31.2 Å². The van der Waals surface area contributed by atoms with E-state index in [1.807, 2.05) is 48.5 Å². The fourth-order valence-electron chi connectivity index (χ4n) is 4.86. The minimum absolute atomic E-state index is 0.139. The number of ether oxygens (including phenoxy) is 4. The third-order valence-electron chi connectivity index (χ3n) is 6.70. The smallest absolute Gasteiger partial charge is 0.338 e. The summed E-state index contributed by atoms with van der Waals surface area (Å²) in [7, 11) is 3.06. The average molecular weight is 786 g/mol. The first kappa shape index (κ1) is 31.5. The molecule has 0 saturated carbocycles. The molecule has 9 nitrogen and oxygen atoms in total. The van der Waals surface area contributed by atoms with Crippen LogP contribution in [0.1, 0.15) is 29.7 Å². The molecule has 3 aromatic carbocycles. The van der Waals surface area contributed by atoms with Gasteiger partial charge in [-0.15, -0.1) is 0 Å². The van der Waals surface area contributed by atoms with Crippen molar-refractivity contribution < 1.29 is 23.7 Å². The lowest BCUT2D eigenvalue weighted by Gasteiger charge is -2.26. The van der Waals surface area contributed by atoms with Crippen LogP contribution < -0.4 is 29.1 Å². The van der Waals surface area contributed by atoms with Gasteiger partial charge in [0.15, 0.2) is 22.9 Å². The summed E-state index contributed by atoms with van der Waals surface area (Å²) < 4.78 is 25.7. The van der Waals surface area contributed by atoms with Gasteiger partial charge in [0.05, 0.1) is 46.2 Å². The van der Waals surface area contributed by atoms with E-state index in [4.69, 9.17) is 29.2 Å². The Morgan fingerprint density at radius 3 is 2.57 bits per heavy atom. The zero-order chi connectivity index (χ0) is 31.4. The van der Waals surface area contributed by atoms with Gasteiger partial charge in [-0.25, -0.2) is 9.79 Å². The highest BCUT2D eigenvalue weighted by Crippen LogP contribution is 2.38. The first-order chi connectivity index (χ1) is 21.3. The molecule has 0 bridgehead atoms. The number of aromatic nitrogens is 1. The molecular weight excluding hydrogens is 761 g/mol. The first-order valence-corrected chi connectivity index (χ1v) is 16.0. The molecule has 0 saturated heterocycles. The molecule has 1 aromatic heterocycles. The van der Waals surface area contributed by atoms with Crippen molar-refractivity contribution in [2.45, 2.75) is 13.0 Å². The molecule has 2 heterocycles. The Hall–Kier alpha value is -3.93. The molecule has 44 heavy (non-hydrogen) atoms. The highest BCUT2D eigenvalue weighted by molar-refractivity contribution is 14.1. The lowest BCUT2D eigenvalue weighted by molar-refractivity contribution is -0.138. The van der Waals surface area contributed by atoms with Crippen LogP contribution in [0.2, 0.25) is 0 Å². The van der Waals surface area contributed by atoms with Gasteiger partial charge in [-0.2, -0.15) is 5.26 Å². The lowest BCUT2D eigenvalue weighted by atomic mass is 9.93. The maximum Gasteiger partial charge on any atom is 0.338 e. The summed E-state index contributed by atoms with van der Waals surface area (Å²) in [5, 5.41) is 9.12. The maximum atomic E-state index is 14.3. The fraction of sp³-hybridized carbons (Fsp3) is 0.188. The number of carbonyl (C=O) groups excluding carboxylic acids is 1. The molecule has 0 N–H and O–H groups in total. The molecule has 0 radical (unpaired) electrons. The zero-order valence-corrected chi connectivity index (χ0v) is 28.4. The van der Waals surface area contributed by atoms with Crippen LogP contribution in [0, 0.1) is 14.9 Å². The fourth-order valence-corrected chi connectivity index (χ4v) is 7.56.